The summed E-state index contributed by atoms with van der Waals surface area (Å²) in [4.78, 5) is 0. The van der Waals surface area contributed by atoms with E-state index in [1.54, 1.807) is 0 Å². The summed E-state index contributed by atoms with van der Waals surface area (Å²) in [6.45, 7) is 38.0. The Bertz CT molecular complexity index is 1330. The first-order valence-corrected chi connectivity index (χ1v) is 36.1. The van der Waals surface area contributed by atoms with Crippen molar-refractivity contribution >= 4 is 0 Å². The van der Waals surface area contributed by atoms with Crippen LogP contribution in [0.5, 0.6) is 0 Å². The molecule has 0 radical (unpaired) electrons. The number of rotatable bonds is 15. The first-order valence-electron chi connectivity index (χ1n) is 36.1. The van der Waals surface area contributed by atoms with Crippen molar-refractivity contribution in [2.24, 2.45) is 101 Å². The molecule has 0 amide bonds. The van der Waals surface area contributed by atoms with E-state index in [1.807, 2.05) is 0 Å². The van der Waals surface area contributed by atoms with Crippen molar-refractivity contribution < 1.29 is 35.7 Å². The van der Waals surface area contributed by atoms with Gasteiger partial charge in [-0.2, -0.15) is 0 Å². The molecule has 0 spiro atoms. The van der Waals surface area contributed by atoms with Gasteiger partial charge in [0.25, 0.3) is 0 Å². The summed E-state index contributed by atoms with van der Waals surface area (Å²) in [7, 11) is 0. The molecule has 7 heteroatoms. The van der Waals surface area contributed by atoms with Crippen LogP contribution in [0.15, 0.2) is 0 Å². The lowest BCUT2D eigenvalue weighted by atomic mass is 9.73. The van der Waals surface area contributed by atoms with Crippen molar-refractivity contribution in [3.05, 3.63) is 0 Å². The third-order valence-electron chi connectivity index (χ3n) is 22.0. The molecule has 7 aliphatic carbocycles. The molecule has 0 aliphatic heterocycles. The minimum absolute atomic E-state index is 0.00898. The van der Waals surface area contributed by atoms with Crippen LogP contribution >= 0.6 is 0 Å². The van der Waals surface area contributed by atoms with E-state index in [4.69, 9.17) is 0 Å². The first-order chi connectivity index (χ1) is 38.3. The van der Waals surface area contributed by atoms with E-state index < -0.39 is 0 Å². The van der Waals surface area contributed by atoms with Gasteiger partial charge in [-0.15, -0.1) is 0 Å². The number of unbranched alkanes of at least 4 members (excludes halogenated alkanes) is 4. The second-order valence-corrected chi connectivity index (χ2v) is 30.5. The van der Waals surface area contributed by atoms with Gasteiger partial charge in [-0.3, -0.25) is 0 Å². The highest BCUT2D eigenvalue weighted by molar-refractivity contribution is 4.84. The highest BCUT2D eigenvalue weighted by atomic mass is 16.3. The molecule has 21 unspecified atom stereocenters. The van der Waals surface area contributed by atoms with Crippen LogP contribution in [0, 0.1) is 101 Å². The third-order valence-corrected chi connectivity index (χ3v) is 22.0. The van der Waals surface area contributed by atoms with Crippen LogP contribution in [-0.4, -0.2) is 78.5 Å². The summed E-state index contributed by atoms with van der Waals surface area (Å²) < 4.78 is 0. The van der Waals surface area contributed by atoms with Crippen molar-refractivity contribution in [3.8, 4) is 0 Å². The highest BCUT2D eigenvalue weighted by Gasteiger charge is 2.32. The number of aliphatic hydroxyl groups excluding tert-OH is 7. The van der Waals surface area contributed by atoms with Crippen LogP contribution in [-0.2, 0) is 0 Å². The Kier molecular flexibility index (Phi) is 43.8. The van der Waals surface area contributed by atoms with Gasteiger partial charge in [0.05, 0.1) is 42.7 Å². The summed E-state index contributed by atoms with van der Waals surface area (Å²) in [5.41, 5.74) is 0. The molecule has 7 rings (SSSR count). The molecule has 7 fully saturated rings. The fourth-order valence-electron chi connectivity index (χ4n) is 15.5. The summed E-state index contributed by atoms with van der Waals surface area (Å²) in [6, 6.07) is 0. The number of hydrogen-bond acceptors (Lipinski definition) is 7. The van der Waals surface area contributed by atoms with Gasteiger partial charge in [0.15, 0.2) is 0 Å². The Balaban J connectivity index is 0.000000473. The zero-order valence-corrected chi connectivity index (χ0v) is 57.3. The molecule has 81 heavy (non-hydrogen) atoms. The Morgan fingerprint density at radius 2 is 0.852 bits per heavy atom. The normalized spacial score (nSPS) is 37.9. The van der Waals surface area contributed by atoms with Crippen molar-refractivity contribution in [2.45, 2.75) is 372 Å². The van der Waals surface area contributed by atoms with E-state index in [0.717, 1.165) is 111 Å². The second-order valence-electron chi connectivity index (χ2n) is 30.5. The average Bonchev–Trinajstić information content (AvgIpc) is 3.42. The van der Waals surface area contributed by atoms with E-state index in [0.29, 0.717) is 41.4 Å². The second kappa shape index (κ2) is 45.0. The van der Waals surface area contributed by atoms with Crippen molar-refractivity contribution in [1.29, 1.82) is 0 Å². The molecule has 7 aliphatic rings. The van der Waals surface area contributed by atoms with Crippen molar-refractivity contribution in [3.63, 3.8) is 0 Å². The Morgan fingerprint density at radius 1 is 0.333 bits per heavy atom. The molecule has 7 saturated carbocycles. The lowest BCUT2D eigenvalue weighted by Gasteiger charge is -2.34. The zero-order valence-electron chi connectivity index (χ0n) is 57.3. The SMILES string of the molecule is CC(C)C1CC(O)CCC1C.CC1CC(O)CC(C(C)C)C1.CC1CCC(O)C(C(C)C)C1.CCCCC1CCC(C)C(O)C1.CCCCC1CCC(O)C(C)C1.CCCCC1CCCC(C)C1O.CCCCC1CCCC(O)C1C. The average molecular weight is 1150 g/mol. The van der Waals surface area contributed by atoms with Gasteiger partial charge in [-0.1, -0.05) is 214 Å². The van der Waals surface area contributed by atoms with Gasteiger partial charge in [-0.25, -0.2) is 0 Å². The fourth-order valence-corrected chi connectivity index (χ4v) is 15.5. The summed E-state index contributed by atoms with van der Waals surface area (Å²) >= 11 is 0. The van der Waals surface area contributed by atoms with Crippen LogP contribution in [0.2, 0.25) is 0 Å². The van der Waals surface area contributed by atoms with Gasteiger partial charge in [0.1, 0.15) is 0 Å². The predicted molar refractivity (Wildman–Crippen MR) is 350 cm³/mol. The Labute approximate surface area is 506 Å². The summed E-state index contributed by atoms with van der Waals surface area (Å²) in [5.74, 6) is 11.9. The maximum absolute atomic E-state index is 9.86. The molecule has 0 saturated heterocycles. The van der Waals surface area contributed by atoms with E-state index in [1.165, 1.54) is 161 Å². The smallest absolute Gasteiger partial charge is 0.0593 e. The first kappa shape index (κ1) is 78.7. The maximum Gasteiger partial charge on any atom is 0.0593 e. The molecular weight excluding hydrogens is 1000 g/mol. The molecule has 0 bridgehead atoms. The quantitative estimate of drug-likeness (QED) is 0.0866. The molecular formula is C74H148O7. The van der Waals surface area contributed by atoms with Crippen molar-refractivity contribution in [2.75, 3.05) is 0 Å². The molecule has 0 aromatic heterocycles. The number of hydrogen-bond donors (Lipinski definition) is 7. The highest BCUT2D eigenvalue weighted by Crippen LogP contribution is 2.38. The minimum Gasteiger partial charge on any atom is -0.393 e. The molecule has 0 aromatic carbocycles. The van der Waals surface area contributed by atoms with Crippen LogP contribution in [0.25, 0.3) is 0 Å². The zero-order chi connectivity index (χ0) is 61.2. The maximum atomic E-state index is 9.86. The van der Waals surface area contributed by atoms with E-state index in [-0.39, 0.29) is 42.7 Å². The van der Waals surface area contributed by atoms with E-state index in [9.17, 15) is 35.7 Å². The molecule has 7 N–H and O–H groups in total. The van der Waals surface area contributed by atoms with Crippen LogP contribution < -0.4 is 0 Å². The topological polar surface area (TPSA) is 142 Å². The van der Waals surface area contributed by atoms with Crippen LogP contribution in [0.4, 0.5) is 0 Å². The minimum atomic E-state index is -0.0221. The van der Waals surface area contributed by atoms with Gasteiger partial charge in [0.2, 0.25) is 0 Å². The standard InChI is InChI=1S/4C11H22O.3C10H20O/c1-3-4-7-10-8-5-6-9(2)11(10)12;1-3-4-6-10-7-5-8-11(12)9(10)2;1-3-4-5-10-6-7-11(12)9(2)8-10;1-3-4-5-10-7-6-9(2)11(12)8-10;1-7(2)9-4-8(3)5-10(11)6-9;1-7(2)10-6-9(11)5-4-8(10)3;1-7(2)9-6-8(3)4-5-10(9)11/h4*9-12H,3-8H2,1-2H3;3*7-11H,4-6H2,1-3H3. The lowest BCUT2D eigenvalue weighted by Crippen LogP contribution is -2.31. The fraction of sp³-hybridized carbons (Fsp3) is 1.00. The molecule has 0 heterocycles. The number of aliphatic hydroxyl groups is 7. The van der Waals surface area contributed by atoms with Gasteiger partial charge in [0, 0.05) is 0 Å². The summed E-state index contributed by atoms with van der Waals surface area (Å²) in [6.07, 6.45) is 40.3. The van der Waals surface area contributed by atoms with Gasteiger partial charge < -0.3 is 35.7 Å². The molecule has 7 nitrogen and oxygen atoms in total. The lowest BCUT2D eigenvalue weighted by molar-refractivity contribution is 0.0206. The Hall–Kier alpha value is -0.280. The Morgan fingerprint density at radius 3 is 1.37 bits per heavy atom. The van der Waals surface area contributed by atoms with E-state index >= 15 is 0 Å². The van der Waals surface area contributed by atoms with Gasteiger partial charge >= 0.3 is 0 Å². The molecule has 486 valence electrons. The van der Waals surface area contributed by atoms with E-state index in [2.05, 4.69) is 118 Å². The predicted octanol–water partition coefficient (Wildman–Crippen LogP) is 19.2. The largest absolute Gasteiger partial charge is 0.393 e. The monoisotopic (exact) mass is 1150 g/mol. The molecule has 0 aromatic rings. The molecule has 21 atom stereocenters. The third kappa shape index (κ3) is 33.6. The van der Waals surface area contributed by atoms with Gasteiger partial charge in [-0.05, 0) is 216 Å². The van der Waals surface area contributed by atoms with Crippen molar-refractivity contribution in [1.82, 2.24) is 0 Å². The van der Waals surface area contributed by atoms with Crippen LogP contribution in [0.1, 0.15) is 330 Å². The summed E-state index contributed by atoms with van der Waals surface area (Å²) in [5, 5.41) is 67.3. The van der Waals surface area contributed by atoms with Crippen LogP contribution in [0.3, 0.4) is 0 Å².